The smallest absolute Gasteiger partial charge is 0.407 e. The molecule has 0 aromatic rings. The van der Waals surface area contributed by atoms with Crippen LogP contribution in [0.1, 0.15) is 26.2 Å². The molecule has 1 atom stereocenters. The molecule has 0 bridgehead atoms. The van der Waals surface area contributed by atoms with E-state index < -0.39 is 12.1 Å². The Morgan fingerprint density at radius 3 is 2.61 bits per heavy atom. The number of nitrogens with one attached hydrogen (secondary N) is 2. The van der Waals surface area contributed by atoms with Gasteiger partial charge in [0, 0.05) is 19.8 Å². The molecule has 18 heavy (non-hydrogen) atoms. The summed E-state index contributed by atoms with van der Waals surface area (Å²) < 4.78 is 9.83. The minimum Gasteiger partial charge on any atom is -0.453 e. The molecule has 1 unspecified atom stereocenters. The molecule has 0 aliphatic carbocycles. The van der Waals surface area contributed by atoms with Gasteiger partial charge in [0.05, 0.1) is 7.11 Å². The van der Waals surface area contributed by atoms with E-state index in [0.717, 1.165) is 19.3 Å². The number of carbonyl (C=O) groups is 2. The van der Waals surface area contributed by atoms with Crippen molar-refractivity contribution in [3.05, 3.63) is 0 Å². The number of methoxy groups -OCH3 is 1. The first-order valence-electron chi connectivity index (χ1n) is 6.39. The summed E-state index contributed by atoms with van der Waals surface area (Å²) in [6, 6.07) is -0.534. The zero-order valence-electron chi connectivity index (χ0n) is 11.0. The Morgan fingerprint density at radius 2 is 2.06 bits per heavy atom. The van der Waals surface area contributed by atoms with Gasteiger partial charge in [0.25, 0.3) is 0 Å². The molecule has 0 saturated carbocycles. The lowest BCUT2D eigenvalue weighted by Crippen LogP contribution is -2.52. The standard InChI is InChI=1S/C12H22N2O4/c1-3-6-13-11(15)10(14-12(16)17-2)9-4-7-18-8-5-9/h9-10H,3-8H2,1-2H3,(H,13,15)(H,14,16). The summed E-state index contributed by atoms with van der Waals surface area (Å²) >= 11 is 0. The molecule has 2 N–H and O–H groups in total. The maximum absolute atomic E-state index is 12.0. The summed E-state index contributed by atoms with van der Waals surface area (Å²) in [6.45, 7) is 3.86. The normalized spacial score (nSPS) is 17.9. The van der Waals surface area contributed by atoms with Gasteiger partial charge in [-0.15, -0.1) is 0 Å². The zero-order valence-corrected chi connectivity index (χ0v) is 11.0. The third kappa shape index (κ3) is 4.52. The highest BCUT2D eigenvalue weighted by atomic mass is 16.5. The van der Waals surface area contributed by atoms with E-state index in [1.807, 2.05) is 6.92 Å². The fraction of sp³-hybridized carbons (Fsp3) is 0.833. The van der Waals surface area contributed by atoms with Crippen molar-refractivity contribution in [2.75, 3.05) is 26.9 Å². The highest BCUT2D eigenvalue weighted by Gasteiger charge is 2.31. The number of hydrogen-bond donors (Lipinski definition) is 2. The van der Waals surface area contributed by atoms with Crippen LogP contribution in [0.2, 0.25) is 0 Å². The van der Waals surface area contributed by atoms with Crippen LogP contribution in [0.3, 0.4) is 0 Å². The molecule has 2 amide bonds. The van der Waals surface area contributed by atoms with Crippen LogP contribution in [0.15, 0.2) is 0 Å². The molecule has 6 nitrogen and oxygen atoms in total. The zero-order chi connectivity index (χ0) is 13.4. The van der Waals surface area contributed by atoms with Crippen LogP contribution in [0.25, 0.3) is 0 Å². The first kappa shape index (κ1) is 14.8. The van der Waals surface area contributed by atoms with Crippen molar-refractivity contribution in [2.45, 2.75) is 32.2 Å². The third-order valence-electron chi connectivity index (χ3n) is 3.03. The van der Waals surface area contributed by atoms with Gasteiger partial charge in [-0.05, 0) is 25.2 Å². The summed E-state index contributed by atoms with van der Waals surface area (Å²) in [5.41, 5.74) is 0. The van der Waals surface area contributed by atoms with Crippen molar-refractivity contribution in [2.24, 2.45) is 5.92 Å². The molecule has 0 aromatic heterocycles. The number of amides is 2. The van der Waals surface area contributed by atoms with Gasteiger partial charge < -0.3 is 20.1 Å². The Bertz CT molecular complexity index is 277. The summed E-state index contributed by atoms with van der Waals surface area (Å²) in [6.07, 6.45) is 1.84. The predicted octanol–water partition coefficient (Wildman–Crippen LogP) is 0.664. The van der Waals surface area contributed by atoms with Crippen LogP contribution < -0.4 is 10.6 Å². The average Bonchev–Trinajstić information content (AvgIpc) is 2.42. The monoisotopic (exact) mass is 258 g/mol. The van der Waals surface area contributed by atoms with E-state index in [4.69, 9.17) is 4.74 Å². The Labute approximate surface area is 107 Å². The number of ether oxygens (including phenoxy) is 2. The van der Waals surface area contributed by atoms with E-state index in [1.165, 1.54) is 7.11 Å². The minimum atomic E-state index is -0.571. The van der Waals surface area contributed by atoms with Gasteiger partial charge in [-0.1, -0.05) is 6.92 Å². The maximum Gasteiger partial charge on any atom is 0.407 e. The highest BCUT2D eigenvalue weighted by molar-refractivity contribution is 5.85. The van der Waals surface area contributed by atoms with Gasteiger partial charge in [-0.3, -0.25) is 4.79 Å². The molecule has 0 aromatic carbocycles. The number of rotatable bonds is 5. The van der Waals surface area contributed by atoms with Crippen molar-refractivity contribution in [3.63, 3.8) is 0 Å². The molecule has 1 aliphatic rings. The fourth-order valence-electron chi connectivity index (χ4n) is 1.99. The van der Waals surface area contributed by atoms with Gasteiger partial charge in [-0.25, -0.2) is 4.79 Å². The van der Waals surface area contributed by atoms with Gasteiger partial charge in [0.2, 0.25) is 5.91 Å². The molecule has 1 rings (SSSR count). The minimum absolute atomic E-state index is 0.106. The molecule has 1 saturated heterocycles. The number of hydrogen-bond acceptors (Lipinski definition) is 4. The van der Waals surface area contributed by atoms with E-state index in [9.17, 15) is 9.59 Å². The van der Waals surface area contributed by atoms with E-state index in [1.54, 1.807) is 0 Å². The van der Waals surface area contributed by atoms with Crippen LogP contribution in [-0.4, -0.2) is 44.9 Å². The molecule has 0 spiro atoms. The quantitative estimate of drug-likeness (QED) is 0.759. The van der Waals surface area contributed by atoms with Crippen molar-refractivity contribution < 1.29 is 19.1 Å². The SMILES string of the molecule is CCCNC(=O)C(NC(=O)OC)C1CCOCC1. The molecule has 1 fully saturated rings. The third-order valence-corrected chi connectivity index (χ3v) is 3.03. The Balaban J connectivity index is 2.60. The van der Waals surface area contributed by atoms with Crippen molar-refractivity contribution in [1.82, 2.24) is 10.6 Å². The second kappa shape index (κ2) is 7.92. The van der Waals surface area contributed by atoms with Crippen molar-refractivity contribution in [1.29, 1.82) is 0 Å². The lowest BCUT2D eigenvalue weighted by atomic mass is 9.91. The van der Waals surface area contributed by atoms with Crippen LogP contribution in [0, 0.1) is 5.92 Å². The summed E-state index contributed by atoms with van der Waals surface area (Å²) in [4.78, 5) is 23.3. The van der Waals surface area contributed by atoms with Gasteiger partial charge in [0.15, 0.2) is 0 Å². The first-order chi connectivity index (χ1) is 8.69. The van der Waals surface area contributed by atoms with E-state index in [-0.39, 0.29) is 11.8 Å². The van der Waals surface area contributed by atoms with Gasteiger partial charge in [-0.2, -0.15) is 0 Å². The lowest BCUT2D eigenvalue weighted by molar-refractivity contribution is -0.125. The van der Waals surface area contributed by atoms with Crippen LogP contribution >= 0.6 is 0 Å². The second-order valence-corrected chi connectivity index (χ2v) is 4.35. The highest BCUT2D eigenvalue weighted by Crippen LogP contribution is 2.19. The van der Waals surface area contributed by atoms with Crippen LogP contribution in [-0.2, 0) is 14.3 Å². The topological polar surface area (TPSA) is 76.7 Å². The van der Waals surface area contributed by atoms with E-state index in [0.29, 0.717) is 19.8 Å². The molecule has 104 valence electrons. The van der Waals surface area contributed by atoms with Gasteiger partial charge in [0.1, 0.15) is 6.04 Å². The molecule has 1 aliphatic heterocycles. The van der Waals surface area contributed by atoms with Gasteiger partial charge >= 0.3 is 6.09 Å². The Morgan fingerprint density at radius 1 is 1.39 bits per heavy atom. The van der Waals surface area contributed by atoms with Crippen LogP contribution in [0.4, 0.5) is 4.79 Å². The Kier molecular flexibility index (Phi) is 6.49. The molecular weight excluding hydrogens is 236 g/mol. The van der Waals surface area contributed by atoms with E-state index >= 15 is 0 Å². The molecular formula is C12H22N2O4. The van der Waals surface area contributed by atoms with Crippen molar-refractivity contribution in [3.8, 4) is 0 Å². The maximum atomic E-state index is 12.0. The van der Waals surface area contributed by atoms with Crippen LogP contribution in [0.5, 0.6) is 0 Å². The lowest BCUT2D eigenvalue weighted by Gasteiger charge is -2.29. The number of alkyl carbamates (subject to hydrolysis) is 1. The summed E-state index contributed by atoms with van der Waals surface area (Å²) in [5, 5.41) is 5.43. The Hall–Kier alpha value is -1.30. The molecule has 6 heteroatoms. The summed E-state index contributed by atoms with van der Waals surface area (Å²) in [5.74, 6) is -0.0381. The van der Waals surface area contributed by atoms with E-state index in [2.05, 4.69) is 15.4 Å². The fourth-order valence-corrected chi connectivity index (χ4v) is 1.99. The largest absolute Gasteiger partial charge is 0.453 e. The molecule has 1 heterocycles. The predicted molar refractivity (Wildman–Crippen MR) is 66.2 cm³/mol. The summed E-state index contributed by atoms with van der Waals surface area (Å²) in [7, 11) is 1.29. The molecule has 0 radical (unpaired) electrons. The average molecular weight is 258 g/mol. The number of carbonyl (C=O) groups excluding carboxylic acids is 2. The first-order valence-corrected chi connectivity index (χ1v) is 6.39. The second-order valence-electron chi connectivity index (χ2n) is 4.35. The van der Waals surface area contributed by atoms with Crippen molar-refractivity contribution >= 4 is 12.0 Å².